The third kappa shape index (κ3) is 4.86. The molecule has 0 unspecified atom stereocenters. The third-order valence-electron chi connectivity index (χ3n) is 5.28. The van der Waals surface area contributed by atoms with E-state index in [0.717, 1.165) is 12.1 Å². The van der Waals surface area contributed by atoms with Crippen LogP contribution >= 0.6 is 0 Å². The van der Waals surface area contributed by atoms with Crippen molar-refractivity contribution in [1.29, 1.82) is 0 Å². The lowest BCUT2D eigenvalue weighted by molar-refractivity contribution is -0.132. The highest BCUT2D eigenvalue weighted by Gasteiger charge is 2.30. The zero-order valence-electron chi connectivity index (χ0n) is 17.1. The number of halogens is 2. The number of oxazole rings is 1. The summed E-state index contributed by atoms with van der Waals surface area (Å²) >= 11 is 0. The second kappa shape index (κ2) is 9.17. The Hall–Kier alpha value is -3.11. The van der Waals surface area contributed by atoms with E-state index in [2.05, 4.69) is 4.98 Å². The normalized spacial score (nSPS) is 15.1. The van der Waals surface area contributed by atoms with E-state index >= 15 is 0 Å². The molecule has 4 rings (SSSR count). The number of carbonyl (C=O) groups excluding carboxylic acids is 1. The van der Waals surface area contributed by atoms with E-state index in [1.165, 1.54) is 34.8 Å². The molecule has 0 bridgehead atoms. The Morgan fingerprint density at radius 3 is 2.16 bits per heavy atom. The highest BCUT2D eigenvalue weighted by atomic mass is 32.2. The van der Waals surface area contributed by atoms with Crippen molar-refractivity contribution in [2.24, 2.45) is 0 Å². The van der Waals surface area contributed by atoms with Gasteiger partial charge in [0.05, 0.1) is 11.1 Å². The number of aromatic nitrogens is 1. The molecule has 1 aliphatic rings. The first-order valence-electron chi connectivity index (χ1n) is 10.1. The van der Waals surface area contributed by atoms with Crippen LogP contribution in [0.4, 0.5) is 8.78 Å². The first kappa shape index (κ1) is 22.1. The Kier molecular flexibility index (Phi) is 6.33. The SMILES string of the molecule is O=C(CCc1ncc(-c2ccc(F)cc2)o1)N1CCN(S(=O)(=O)c2ccc(F)cc2)CC1. The van der Waals surface area contributed by atoms with Gasteiger partial charge in [-0.05, 0) is 48.5 Å². The van der Waals surface area contributed by atoms with Crippen LogP contribution in [0.15, 0.2) is 64.0 Å². The number of sulfonamides is 1. The Balaban J connectivity index is 1.29. The molecule has 0 N–H and O–H groups in total. The first-order chi connectivity index (χ1) is 15.3. The van der Waals surface area contributed by atoms with Gasteiger partial charge in [-0.1, -0.05) is 0 Å². The maximum Gasteiger partial charge on any atom is 0.243 e. The van der Waals surface area contributed by atoms with Crippen LogP contribution in [0.3, 0.4) is 0 Å². The number of hydrogen-bond acceptors (Lipinski definition) is 5. The van der Waals surface area contributed by atoms with Gasteiger partial charge in [-0.3, -0.25) is 4.79 Å². The highest BCUT2D eigenvalue weighted by Crippen LogP contribution is 2.22. The summed E-state index contributed by atoms with van der Waals surface area (Å²) in [5.41, 5.74) is 0.690. The van der Waals surface area contributed by atoms with Crippen LogP contribution in [-0.4, -0.2) is 54.7 Å². The van der Waals surface area contributed by atoms with Gasteiger partial charge in [-0.2, -0.15) is 4.31 Å². The minimum atomic E-state index is -3.73. The minimum absolute atomic E-state index is 0.0273. The largest absolute Gasteiger partial charge is 0.441 e. The number of carbonyl (C=O) groups is 1. The van der Waals surface area contributed by atoms with Gasteiger partial charge in [0.25, 0.3) is 0 Å². The molecule has 1 aliphatic heterocycles. The summed E-state index contributed by atoms with van der Waals surface area (Å²) in [6, 6.07) is 10.5. The summed E-state index contributed by atoms with van der Waals surface area (Å²) in [7, 11) is -3.73. The zero-order valence-corrected chi connectivity index (χ0v) is 17.9. The van der Waals surface area contributed by atoms with Crippen LogP contribution in [0, 0.1) is 11.6 Å². The van der Waals surface area contributed by atoms with Gasteiger partial charge in [-0.25, -0.2) is 22.2 Å². The molecule has 7 nitrogen and oxygen atoms in total. The summed E-state index contributed by atoms with van der Waals surface area (Å²) in [6.45, 7) is 0.871. The standard InChI is InChI=1S/C22H21F2N3O4S/c23-17-3-1-16(2-4-17)20-15-25-21(31-20)9-10-22(28)26-11-13-27(14-12-26)32(29,30)19-7-5-18(24)6-8-19/h1-8,15H,9-14H2. The van der Waals surface area contributed by atoms with E-state index in [9.17, 15) is 22.0 Å². The lowest BCUT2D eigenvalue weighted by atomic mass is 10.2. The maximum atomic E-state index is 13.1. The smallest absolute Gasteiger partial charge is 0.243 e. The Morgan fingerprint density at radius 1 is 0.938 bits per heavy atom. The van der Waals surface area contributed by atoms with Crippen molar-refractivity contribution < 1.29 is 26.4 Å². The Labute approximate surface area is 184 Å². The molecule has 2 heterocycles. The van der Waals surface area contributed by atoms with Gasteiger partial charge in [0.1, 0.15) is 11.6 Å². The average Bonchev–Trinajstić information content (AvgIpc) is 3.27. The van der Waals surface area contributed by atoms with E-state index in [0.29, 0.717) is 23.6 Å². The van der Waals surface area contributed by atoms with Crippen LogP contribution in [0.2, 0.25) is 0 Å². The van der Waals surface area contributed by atoms with E-state index < -0.39 is 15.8 Å². The van der Waals surface area contributed by atoms with Gasteiger partial charge in [0.15, 0.2) is 11.7 Å². The molecule has 0 spiro atoms. The molecule has 32 heavy (non-hydrogen) atoms. The molecule has 0 radical (unpaired) electrons. The van der Waals surface area contributed by atoms with Crippen LogP contribution in [0.1, 0.15) is 12.3 Å². The Bertz CT molecular complexity index is 1190. The predicted octanol–water partition coefficient (Wildman–Crippen LogP) is 3.09. The van der Waals surface area contributed by atoms with Crippen molar-refractivity contribution in [3.63, 3.8) is 0 Å². The van der Waals surface area contributed by atoms with Crippen LogP contribution in [0.25, 0.3) is 11.3 Å². The van der Waals surface area contributed by atoms with Crippen molar-refractivity contribution in [2.75, 3.05) is 26.2 Å². The van der Waals surface area contributed by atoms with Gasteiger partial charge in [0.2, 0.25) is 15.9 Å². The lowest BCUT2D eigenvalue weighted by Crippen LogP contribution is -2.50. The molecule has 0 atom stereocenters. The molecule has 1 fully saturated rings. The summed E-state index contributed by atoms with van der Waals surface area (Å²) in [4.78, 5) is 18.4. The van der Waals surface area contributed by atoms with Crippen LogP contribution < -0.4 is 0 Å². The zero-order chi connectivity index (χ0) is 22.7. The minimum Gasteiger partial charge on any atom is -0.441 e. The van der Waals surface area contributed by atoms with Crippen LogP contribution in [-0.2, 0) is 21.2 Å². The number of nitrogens with zero attached hydrogens (tertiary/aromatic N) is 3. The molecular formula is C22H21F2N3O4S. The molecule has 0 aliphatic carbocycles. The monoisotopic (exact) mass is 461 g/mol. The summed E-state index contributed by atoms with van der Waals surface area (Å²) in [6.07, 6.45) is 2.01. The average molecular weight is 461 g/mol. The predicted molar refractivity (Wildman–Crippen MR) is 112 cm³/mol. The van der Waals surface area contributed by atoms with Gasteiger partial charge in [-0.15, -0.1) is 0 Å². The summed E-state index contributed by atoms with van der Waals surface area (Å²) < 4.78 is 58.4. The van der Waals surface area contributed by atoms with Crippen molar-refractivity contribution in [3.8, 4) is 11.3 Å². The van der Waals surface area contributed by atoms with Gasteiger partial charge >= 0.3 is 0 Å². The second-order valence-electron chi connectivity index (χ2n) is 7.36. The van der Waals surface area contributed by atoms with Crippen molar-refractivity contribution in [2.45, 2.75) is 17.7 Å². The number of rotatable bonds is 6. The maximum absolute atomic E-state index is 13.1. The van der Waals surface area contributed by atoms with E-state index in [1.807, 2.05) is 0 Å². The van der Waals surface area contributed by atoms with Gasteiger partial charge < -0.3 is 9.32 Å². The van der Waals surface area contributed by atoms with E-state index in [-0.39, 0.29) is 49.2 Å². The number of amides is 1. The number of piperazine rings is 1. The third-order valence-corrected chi connectivity index (χ3v) is 7.19. The van der Waals surface area contributed by atoms with Crippen LogP contribution in [0.5, 0.6) is 0 Å². The fourth-order valence-electron chi connectivity index (χ4n) is 3.48. The number of aryl methyl sites for hydroxylation is 1. The van der Waals surface area contributed by atoms with E-state index in [1.54, 1.807) is 17.0 Å². The molecule has 168 valence electrons. The highest BCUT2D eigenvalue weighted by molar-refractivity contribution is 7.89. The fraction of sp³-hybridized carbons (Fsp3) is 0.273. The topological polar surface area (TPSA) is 83.7 Å². The molecule has 2 aromatic carbocycles. The number of hydrogen-bond donors (Lipinski definition) is 0. The quantitative estimate of drug-likeness (QED) is 0.563. The van der Waals surface area contributed by atoms with Crippen molar-refractivity contribution in [3.05, 3.63) is 72.3 Å². The van der Waals surface area contributed by atoms with Crippen molar-refractivity contribution >= 4 is 15.9 Å². The first-order valence-corrected chi connectivity index (χ1v) is 11.5. The van der Waals surface area contributed by atoms with Gasteiger partial charge in [0, 0.05) is 44.6 Å². The van der Waals surface area contributed by atoms with Crippen molar-refractivity contribution in [1.82, 2.24) is 14.2 Å². The Morgan fingerprint density at radius 2 is 1.53 bits per heavy atom. The molecule has 0 saturated carbocycles. The summed E-state index contributed by atoms with van der Waals surface area (Å²) in [5, 5.41) is 0. The molecule has 3 aromatic rings. The fourth-order valence-corrected chi connectivity index (χ4v) is 4.90. The van der Waals surface area contributed by atoms with E-state index in [4.69, 9.17) is 4.42 Å². The molecular weight excluding hydrogens is 440 g/mol. The lowest BCUT2D eigenvalue weighted by Gasteiger charge is -2.34. The molecule has 1 aromatic heterocycles. The molecule has 1 saturated heterocycles. The summed E-state index contributed by atoms with van der Waals surface area (Å²) in [5.74, 6) is -0.0764. The molecule has 10 heteroatoms. The molecule has 1 amide bonds. The second-order valence-corrected chi connectivity index (χ2v) is 9.30. The number of benzene rings is 2.